The summed E-state index contributed by atoms with van der Waals surface area (Å²) in [7, 11) is 0. The van der Waals surface area contributed by atoms with Crippen LogP contribution in [0, 0.1) is 10.1 Å². The quantitative estimate of drug-likeness (QED) is 0.367. The van der Waals surface area contributed by atoms with Gasteiger partial charge < -0.3 is 0 Å². The summed E-state index contributed by atoms with van der Waals surface area (Å²) in [6.07, 6.45) is 1.54. The number of nitrogens with one attached hydrogen (secondary N) is 2. The van der Waals surface area contributed by atoms with E-state index >= 15 is 0 Å². The Bertz CT molecular complexity index is 1010. The van der Waals surface area contributed by atoms with Crippen molar-refractivity contribution >= 4 is 29.3 Å². The van der Waals surface area contributed by atoms with Crippen molar-refractivity contribution in [1.29, 1.82) is 0 Å². The number of para-hydroxylation sites is 1. The van der Waals surface area contributed by atoms with E-state index < -0.39 is 16.7 Å². The second-order valence-electron chi connectivity index (χ2n) is 5.42. The van der Waals surface area contributed by atoms with Gasteiger partial charge in [-0.05, 0) is 18.2 Å². The highest BCUT2D eigenvalue weighted by atomic mass is 32.2. The van der Waals surface area contributed by atoms with Crippen LogP contribution in [0.2, 0.25) is 0 Å². The number of nitro groups is 1. The summed E-state index contributed by atoms with van der Waals surface area (Å²) < 4.78 is 1.74. The SMILES string of the molecule is O=C(CSc1nncn1-c1ccccc1)NNC(=O)c1cccc([N+](=O)[O-])c1. The minimum absolute atomic E-state index is 0.0132. The molecule has 0 saturated heterocycles. The molecule has 1 aromatic heterocycles. The molecule has 11 heteroatoms. The summed E-state index contributed by atoms with van der Waals surface area (Å²) in [5, 5.41) is 19.1. The van der Waals surface area contributed by atoms with Gasteiger partial charge in [-0.2, -0.15) is 0 Å². The summed E-state index contributed by atoms with van der Waals surface area (Å²) in [5.41, 5.74) is 5.19. The summed E-state index contributed by atoms with van der Waals surface area (Å²) in [5.74, 6) is -1.14. The zero-order valence-corrected chi connectivity index (χ0v) is 15.1. The smallest absolute Gasteiger partial charge is 0.270 e. The molecule has 142 valence electrons. The Kier molecular flexibility index (Phi) is 5.97. The maximum atomic E-state index is 12.0. The number of nitro benzene ring substituents is 1. The average Bonchev–Trinajstić information content (AvgIpc) is 3.20. The van der Waals surface area contributed by atoms with Gasteiger partial charge in [0.25, 0.3) is 11.6 Å². The van der Waals surface area contributed by atoms with E-state index in [0.29, 0.717) is 5.16 Å². The third kappa shape index (κ3) is 4.71. The fourth-order valence-corrected chi connectivity index (χ4v) is 2.94. The van der Waals surface area contributed by atoms with Crippen molar-refractivity contribution in [3.63, 3.8) is 0 Å². The van der Waals surface area contributed by atoms with E-state index in [2.05, 4.69) is 21.0 Å². The molecule has 28 heavy (non-hydrogen) atoms. The largest absolute Gasteiger partial charge is 0.277 e. The van der Waals surface area contributed by atoms with Crippen LogP contribution in [0.3, 0.4) is 0 Å². The molecule has 0 bridgehead atoms. The van der Waals surface area contributed by atoms with E-state index in [-0.39, 0.29) is 17.0 Å². The number of thioether (sulfide) groups is 1. The second kappa shape index (κ2) is 8.77. The van der Waals surface area contributed by atoms with E-state index in [0.717, 1.165) is 23.5 Å². The Balaban J connectivity index is 1.53. The number of hydrogen-bond acceptors (Lipinski definition) is 7. The summed E-state index contributed by atoms with van der Waals surface area (Å²) in [6, 6.07) is 14.6. The van der Waals surface area contributed by atoms with Crippen LogP contribution >= 0.6 is 11.8 Å². The second-order valence-corrected chi connectivity index (χ2v) is 6.36. The molecular formula is C17H14N6O4S. The average molecular weight is 398 g/mol. The molecule has 3 rings (SSSR count). The van der Waals surface area contributed by atoms with E-state index in [1.807, 2.05) is 30.3 Å². The first kappa shape index (κ1) is 19.0. The van der Waals surface area contributed by atoms with Crippen LogP contribution < -0.4 is 10.9 Å². The maximum absolute atomic E-state index is 12.0. The van der Waals surface area contributed by atoms with Crippen molar-refractivity contribution in [3.05, 3.63) is 76.6 Å². The van der Waals surface area contributed by atoms with Gasteiger partial charge >= 0.3 is 0 Å². The predicted octanol–water partition coefficient (Wildman–Crippen LogP) is 1.73. The lowest BCUT2D eigenvalue weighted by Gasteiger charge is -2.08. The lowest BCUT2D eigenvalue weighted by atomic mass is 10.2. The van der Waals surface area contributed by atoms with Gasteiger partial charge in [-0.3, -0.25) is 35.1 Å². The Morgan fingerprint density at radius 1 is 1.11 bits per heavy atom. The standard InChI is InChI=1S/C17H14N6O4S/c24-15(19-20-16(25)12-5-4-8-14(9-12)23(26)27)10-28-17-21-18-11-22(17)13-6-2-1-3-7-13/h1-9,11H,10H2,(H,19,24)(H,20,25). The van der Waals surface area contributed by atoms with Crippen molar-refractivity contribution in [2.75, 3.05) is 5.75 Å². The third-order valence-electron chi connectivity index (χ3n) is 3.52. The molecule has 3 aromatic rings. The Morgan fingerprint density at radius 3 is 2.64 bits per heavy atom. The van der Waals surface area contributed by atoms with Crippen LogP contribution in [0.4, 0.5) is 5.69 Å². The maximum Gasteiger partial charge on any atom is 0.270 e. The zero-order valence-electron chi connectivity index (χ0n) is 14.3. The minimum Gasteiger partial charge on any atom is -0.277 e. The first-order valence-corrected chi connectivity index (χ1v) is 8.95. The van der Waals surface area contributed by atoms with Crippen LogP contribution in [-0.2, 0) is 4.79 Å². The van der Waals surface area contributed by atoms with Crippen LogP contribution in [0.1, 0.15) is 10.4 Å². The van der Waals surface area contributed by atoms with Crippen LogP contribution in [0.25, 0.3) is 5.69 Å². The number of benzene rings is 2. The molecule has 0 spiro atoms. The molecule has 0 aliphatic rings. The first-order valence-electron chi connectivity index (χ1n) is 7.96. The van der Waals surface area contributed by atoms with Gasteiger partial charge in [-0.15, -0.1) is 10.2 Å². The Morgan fingerprint density at radius 2 is 1.89 bits per heavy atom. The number of hydrazine groups is 1. The van der Waals surface area contributed by atoms with E-state index in [9.17, 15) is 19.7 Å². The summed E-state index contributed by atoms with van der Waals surface area (Å²) >= 11 is 1.15. The number of nitrogens with zero attached hydrogens (tertiary/aromatic N) is 4. The lowest BCUT2D eigenvalue weighted by Crippen LogP contribution is -2.42. The summed E-state index contributed by atoms with van der Waals surface area (Å²) in [4.78, 5) is 34.2. The van der Waals surface area contributed by atoms with Gasteiger partial charge in [-0.25, -0.2) is 0 Å². The predicted molar refractivity (Wildman–Crippen MR) is 101 cm³/mol. The number of carbonyl (C=O) groups excluding carboxylic acids is 2. The van der Waals surface area contributed by atoms with Gasteiger partial charge in [0.1, 0.15) is 6.33 Å². The number of carbonyl (C=O) groups is 2. The fraction of sp³-hybridized carbons (Fsp3) is 0.0588. The highest BCUT2D eigenvalue weighted by molar-refractivity contribution is 7.99. The van der Waals surface area contributed by atoms with E-state index in [1.165, 1.54) is 18.2 Å². The van der Waals surface area contributed by atoms with Crippen LogP contribution in [-0.4, -0.2) is 37.3 Å². The molecule has 0 saturated carbocycles. The molecule has 2 N–H and O–H groups in total. The molecule has 0 aliphatic heterocycles. The lowest BCUT2D eigenvalue weighted by molar-refractivity contribution is -0.384. The van der Waals surface area contributed by atoms with Gasteiger partial charge in [0.05, 0.1) is 10.7 Å². The third-order valence-corrected chi connectivity index (χ3v) is 4.46. The molecule has 0 unspecified atom stereocenters. The number of aromatic nitrogens is 3. The molecular weight excluding hydrogens is 384 g/mol. The fourth-order valence-electron chi connectivity index (χ4n) is 2.21. The zero-order chi connectivity index (χ0) is 19.9. The molecule has 1 heterocycles. The minimum atomic E-state index is -0.658. The highest BCUT2D eigenvalue weighted by Gasteiger charge is 2.13. The molecule has 2 amide bonds. The number of amides is 2. The molecule has 10 nitrogen and oxygen atoms in total. The van der Waals surface area contributed by atoms with E-state index in [4.69, 9.17) is 0 Å². The van der Waals surface area contributed by atoms with Gasteiger partial charge in [0, 0.05) is 23.4 Å². The Hall–Kier alpha value is -3.73. The van der Waals surface area contributed by atoms with Crippen molar-refractivity contribution in [1.82, 2.24) is 25.6 Å². The molecule has 0 fully saturated rings. The molecule has 0 aliphatic carbocycles. The normalized spacial score (nSPS) is 10.3. The van der Waals surface area contributed by atoms with Crippen LogP contribution in [0.15, 0.2) is 66.1 Å². The van der Waals surface area contributed by atoms with Gasteiger partial charge in [0.2, 0.25) is 5.91 Å². The Labute approximate surface area is 163 Å². The van der Waals surface area contributed by atoms with Gasteiger partial charge in [-0.1, -0.05) is 36.0 Å². The number of hydrogen-bond donors (Lipinski definition) is 2. The first-order chi connectivity index (χ1) is 13.5. The van der Waals surface area contributed by atoms with E-state index in [1.54, 1.807) is 10.9 Å². The van der Waals surface area contributed by atoms with Crippen molar-refractivity contribution < 1.29 is 14.5 Å². The van der Waals surface area contributed by atoms with Crippen molar-refractivity contribution in [2.24, 2.45) is 0 Å². The van der Waals surface area contributed by atoms with Crippen molar-refractivity contribution in [3.8, 4) is 5.69 Å². The highest BCUT2D eigenvalue weighted by Crippen LogP contribution is 2.18. The van der Waals surface area contributed by atoms with Crippen molar-refractivity contribution in [2.45, 2.75) is 5.16 Å². The molecule has 0 radical (unpaired) electrons. The number of non-ortho nitro benzene ring substituents is 1. The topological polar surface area (TPSA) is 132 Å². The molecule has 2 aromatic carbocycles. The molecule has 0 atom stereocenters. The monoisotopic (exact) mass is 398 g/mol. The summed E-state index contributed by atoms with van der Waals surface area (Å²) in [6.45, 7) is 0. The number of rotatable bonds is 6. The van der Waals surface area contributed by atoms with Gasteiger partial charge in [0.15, 0.2) is 5.16 Å². The van der Waals surface area contributed by atoms with Crippen LogP contribution in [0.5, 0.6) is 0 Å².